The maximum atomic E-state index is 11.0. The third kappa shape index (κ3) is 5.36. The minimum atomic E-state index is -0.899. The van der Waals surface area contributed by atoms with Gasteiger partial charge in [-0.3, -0.25) is 4.79 Å². The van der Waals surface area contributed by atoms with Crippen LogP contribution in [0.2, 0.25) is 0 Å². The number of amides is 2. The number of nitrogens with one attached hydrogen (secondary N) is 2. The van der Waals surface area contributed by atoms with E-state index in [0.717, 1.165) is 0 Å². The molecule has 3 N–H and O–H groups in total. The third-order valence-electron chi connectivity index (χ3n) is 1.63. The summed E-state index contributed by atoms with van der Waals surface area (Å²) < 4.78 is 0. The van der Waals surface area contributed by atoms with Gasteiger partial charge in [0, 0.05) is 27.2 Å². The molecule has 6 nitrogen and oxygen atoms in total. The molecule has 82 valence electrons. The van der Waals surface area contributed by atoms with Crippen LogP contribution in [0.25, 0.3) is 0 Å². The van der Waals surface area contributed by atoms with Crippen molar-refractivity contribution in [3.8, 4) is 0 Å². The highest BCUT2D eigenvalue weighted by Crippen LogP contribution is 1.79. The predicted molar refractivity (Wildman–Crippen MR) is 52.2 cm³/mol. The van der Waals surface area contributed by atoms with Crippen molar-refractivity contribution in [1.29, 1.82) is 0 Å². The number of carboxylic acids is 1. The number of aliphatic carboxylic acids is 1. The van der Waals surface area contributed by atoms with Crippen molar-refractivity contribution in [2.24, 2.45) is 0 Å². The maximum absolute atomic E-state index is 11.0. The van der Waals surface area contributed by atoms with Gasteiger partial charge >= 0.3 is 12.0 Å². The fourth-order valence-electron chi connectivity index (χ4n) is 0.704. The molecule has 0 saturated heterocycles. The molecule has 0 heterocycles. The van der Waals surface area contributed by atoms with Crippen LogP contribution in [0.3, 0.4) is 0 Å². The number of nitrogens with zero attached hydrogens (tertiary/aromatic N) is 1. The molecule has 0 aliphatic heterocycles. The predicted octanol–water partition coefficient (Wildman–Crippen LogP) is -0.680. The molecule has 0 radical (unpaired) electrons. The summed E-state index contributed by atoms with van der Waals surface area (Å²) in [4.78, 5) is 22.8. The van der Waals surface area contributed by atoms with Gasteiger partial charge < -0.3 is 20.6 Å². The van der Waals surface area contributed by atoms with Crippen molar-refractivity contribution in [3.63, 3.8) is 0 Å². The number of carboxylic acid groups (broad SMARTS) is 1. The smallest absolute Gasteiger partial charge is 0.320 e. The molecule has 0 fully saturated rings. The van der Waals surface area contributed by atoms with E-state index in [1.54, 1.807) is 21.0 Å². The second-order valence-electron chi connectivity index (χ2n) is 3.14. The van der Waals surface area contributed by atoms with Crippen LogP contribution in [0.1, 0.15) is 6.92 Å². The van der Waals surface area contributed by atoms with Crippen molar-refractivity contribution >= 4 is 12.0 Å². The lowest BCUT2D eigenvalue weighted by Crippen LogP contribution is -2.42. The van der Waals surface area contributed by atoms with Crippen molar-refractivity contribution < 1.29 is 14.7 Å². The molecule has 0 aromatic carbocycles. The zero-order chi connectivity index (χ0) is 11.1. The van der Waals surface area contributed by atoms with Crippen LogP contribution in [0.15, 0.2) is 0 Å². The van der Waals surface area contributed by atoms with Gasteiger partial charge in [-0.2, -0.15) is 0 Å². The molecule has 0 aliphatic carbocycles. The van der Waals surface area contributed by atoms with Crippen molar-refractivity contribution in [2.75, 3.05) is 27.2 Å². The molecule has 0 aromatic heterocycles. The summed E-state index contributed by atoms with van der Waals surface area (Å²) >= 11 is 0. The van der Waals surface area contributed by atoms with E-state index in [4.69, 9.17) is 5.11 Å². The fraction of sp³-hybridized carbons (Fsp3) is 0.750. The number of urea groups is 1. The van der Waals surface area contributed by atoms with E-state index in [-0.39, 0.29) is 6.03 Å². The second kappa shape index (κ2) is 6.20. The van der Waals surface area contributed by atoms with Gasteiger partial charge in [0.15, 0.2) is 0 Å². The van der Waals surface area contributed by atoms with Gasteiger partial charge in [0.2, 0.25) is 0 Å². The van der Waals surface area contributed by atoms with Crippen LogP contribution in [0.5, 0.6) is 0 Å². The van der Waals surface area contributed by atoms with Crippen molar-refractivity contribution in [3.05, 3.63) is 0 Å². The van der Waals surface area contributed by atoms with E-state index in [1.165, 1.54) is 4.90 Å². The Morgan fingerprint density at radius 3 is 2.36 bits per heavy atom. The zero-order valence-electron chi connectivity index (χ0n) is 8.70. The Balaban J connectivity index is 3.47. The number of rotatable bonds is 5. The van der Waals surface area contributed by atoms with Gasteiger partial charge in [-0.25, -0.2) is 4.79 Å². The largest absolute Gasteiger partial charge is 0.480 e. The summed E-state index contributed by atoms with van der Waals surface area (Å²) in [5.74, 6) is -0.899. The van der Waals surface area contributed by atoms with Crippen molar-refractivity contribution in [2.45, 2.75) is 13.0 Å². The number of carbonyl (C=O) groups excluding carboxylic acids is 1. The van der Waals surface area contributed by atoms with Crippen LogP contribution in [-0.2, 0) is 4.79 Å². The summed E-state index contributed by atoms with van der Waals surface area (Å²) in [6.07, 6.45) is 0. The van der Waals surface area contributed by atoms with E-state index >= 15 is 0 Å². The average molecular weight is 203 g/mol. The standard InChI is InChI=1S/C8H17N3O3/c1-6(7(12)13)9-4-5-10-8(14)11(2)3/h6,9H,4-5H2,1-3H3,(H,10,14)(H,12,13). The molecule has 0 bridgehead atoms. The summed E-state index contributed by atoms with van der Waals surface area (Å²) in [7, 11) is 3.28. The molecule has 0 aromatic rings. The monoisotopic (exact) mass is 203 g/mol. The molecular formula is C8H17N3O3. The molecule has 0 spiro atoms. The summed E-state index contributed by atoms with van der Waals surface area (Å²) in [5, 5.41) is 13.9. The number of hydrogen-bond donors (Lipinski definition) is 3. The topological polar surface area (TPSA) is 81.7 Å². The molecule has 0 aliphatic rings. The lowest BCUT2D eigenvalue weighted by molar-refractivity contribution is -0.138. The van der Waals surface area contributed by atoms with E-state index in [1.807, 2.05) is 0 Å². The van der Waals surface area contributed by atoms with E-state index < -0.39 is 12.0 Å². The average Bonchev–Trinajstić information content (AvgIpc) is 2.11. The number of hydrogen-bond acceptors (Lipinski definition) is 3. The normalized spacial score (nSPS) is 11.9. The molecule has 6 heteroatoms. The molecule has 0 rings (SSSR count). The first-order valence-corrected chi connectivity index (χ1v) is 4.36. The van der Waals surface area contributed by atoms with Gasteiger partial charge in [0.05, 0.1) is 0 Å². The molecule has 1 unspecified atom stereocenters. The first-order valence-electron chi connectivity index (χ1n) is 4.36. The Morgan fingerprint density at radius 2 is 1.93 bits per heavy atom. The fourth-order valence-corrected chi connectivity index (χ4v) is 0.704. The van der Waals surface area contributed by atoms with Crippen LogP contribution in [0, 0.1) is 0 Å². The quantitative estimate of drug-likeness (QED) is 0.517. The Hall–Kier alpha value is -1.30. The Labute approximate surface area is 83.3 Å². The van der Waals surface area contributed by atoms with E-state index in [2.05, 4.69) is 10.6 Å². The second-order valence-corrected chi connectivity index (χ2v) is 3.14. The number of carbonyl (C=O) groups is 2. The van der Waals surface area contributed by atoms with Crippen LogP contribution >= 0.6 is 0 Å². The minimum absolute atomic E-state index is 0.185. The molecule has 0 saturated carbocycles. The van der Waals surface area contributed by atoms with Gasteiger partial charge in [-0.05, 0) is 6.92 Å². The molecular weight excluding hydrogens is 186 g/mol. The van der Waals surface area contributed by atoms with Gasteiger partial charge in [0.25, 0.3) is 0 Å². The first kappa shape index (κ1) is 12.7. The summed E-state index contributed by atoms with van der Waals surface area (Å²) in [6.45, 7) is 2.40. The highest BCUT2D eigenvalue weighted by molar-refractivity contribution is 5.73. The third-order valence-corrected chi connectivity index (χ3v) is 1.63. The van der Waals surface area contributed by atoms with Crippen molar-refractivity contribution in [1.82, 2.24) is 15.5 Å². The molecule has 2 amide bonds. The maximum Gasteiger partial charge on any atom is 0.320 e. The van der Waals surface area contributed by atoms with Gasteiger partial charge in [-0.15, -0.1) is 0 Å². The summed E-state index contributed by atoms with van der Waals surface area (Å²) in [6, 6.07) is -0.777. The van der Waals surface area contributed by atoms with Gasteiger partial charge in [0.1, 0.15) is 6.04 Å². The highest BCUT2D eigenvalue weighted by atomic mass is 16.4. The summed E-state index contributed by atoms with van der Waals surface area (Å²) in [5.41, 5.74) is 0. The Kier molecular flexibility index (Phi) is 5.62. The highest BCUT2D eigenvalue weighted by Gasteiger charge is 2.08. The molecule has 14 heavy (non-hydrogen) atoms. The minimum Gasteiger partial charge on any atom is -0.480 e. The first-order chi connectivity index (χ1) is 6.45. The van der Waals surface area contributed by atoms with Crippen LogP contribution in [-0.4, -0.2) is 55.2 Å². The van der Waals surface area contributed by atoms with Crippen LogP contribution in [0.4, 0.5) is 4.79 Å². The van der Waals surface area contributed by atoms with E-state index in [0.29, 0.717) is 13.1 Å². The van der Waals surface area contributed by atoms with E-state index in [9.17, 15) is 9.59 Å². The van der Waals surface area contributed by atoms with Gasteiger partial charge in [-0.1, -0.05) is 0 Å². The lowest BCUT2D eigenvalue weighted by Gasteiger charge is -2.13. The Morgan fingerprint density at radius 1 is 1.36 bits per heavy atom. The molecule has 1 atom stereocenters. The SMILES string of the molecule is CC(NCCNC(=O)N(C)C)C(=O)O. The zero-order valence-corrected chi connectivity index (χ0v) is 8.70. The van der Waals surface area contributed by atoms with Crippen LogP contribution < -0.4 is 10.6 Å². The Bertz CT molecular complexity index is 206. The lowest BCUT2D eigenvalue weighted by atomic mass is 10.3.